The molecule has 0 fully saturated rings. The number of aromatic nitrogens is 2. The molecule has 1 N–H and O–H groups in total. The van der Waals surface area contributed by atoms with Crippen LogP contribution in [0.4, 0.5) is 0 Å². The van der Waals surface area contributed by atoms with Crippen molar-refractivity contribution in [2.75, 3.05) is 7.05 Å². The maximum atomic E-state index is 4.18. The molecule has 2 aromatic rings. The smallest absolute Gasteiger partial charge is 0.103 e. The average molecular weight is 284 g/mol. The van der Waals surface area contributed by atoms with Gasteiger partial charge in [-0.3, -0.25) is 0 Å². The normalized spacial score (nSPS) is 10.5. The van der Waals surface area contributed by atoms with Gasteiger partial charge >= 0.3 is 0 Å². The van der Waals surface area contributed by atoms with Gasteiger partial charge in [-0.05, 0) is 47.2 Å². The molecule has 0 radical (unpaired) electrons. The molecule has 2 aromatic heterocycles. The molecule has 0 aliphatic heterocycles. The number of nitrogens with one attached hydrogen (secondary N) is 1. The van der Waals surface area contributed by atoms with E-state index in [2.05, 4.69) is 31.4 Å². The van der Waals surface area contributed by atoms with Crippen LogP contribution >= 0.6 is 27.3 Å². The minimum Gasteiger partial charge on any atom is -0.314 e. The first-order chi connectivity index (χ1) is 7.29. The van der Waals surface area contributed by atoms with Crippen LogP contribution < -0.4 is 5.32 Å². The minimum absolute atomic E-state index is 0.751. The van der Waals surface area contributed by atoms with Gasteiger partial charge in [0.2, 0.25) is 0 Å². The van der Waals surface area contributed by atoms with Gasteiger partial charge in [-0.15, -0.1) is 16.4 Å². The van der Waals surface area contributed by atoms with E-state index in [1.807, 2.05) is 31.3 Å². The van der Waals surface area contributed by atoms with Gasteiger partial charge in [0.15, 0.2) is 0 Å². The molecule has 0 aromatic carbocycles. The molecule has 78 valence electrons. The summed E-state index contributed by atoms with van der Waals surface area (Å²) in [5.41, 5.74) is 1.88. The molecule has 0 atom stereocenters. The third-order valence-corrected chi connectivity index (χ3v) is 3.55. The maximum Gasteiger partial charge on any atom is 0.103 e. The summed E-state index contributed by atoms with van der Waals surface area (Å²) in [5, 5.41) is 11.4. The van der Waals surface area contributed by atoms with Crippen LogP contribution in [0.3, 0.4) is 0 Å². The van der Waals surface area contributed by atoms with Crippen molar-refractivity contribution in [3.05, 3.63) is 33.7 Å². The predicted molar refractivity (Wildman–Crippen MR) is 65.8 cm³/mol. The summed E-state index contributed by atoms with van der Waals surface area (Å²) >= 11 is 5.09. The van der Waals surface area contributed by atoms with Crippen molar-refractivity contribution in [1.29, 1.82) is 0 Å². The highest BCUT2D eigenvalue weighted by Crippen LogP contribution is 2.29. The van der Waals surface area contributed by atoms with Gasteiger partial charge in [0.1, 0.15) is 5.69 Å². The van der Waals surface area contributed by atoms with E-state index >= 15 is 0 Å². The molecule has 2 rings (SSSR count). The molecule has 5 heteroatoms. The molecule has 0 unspecified atom stereocenters. The van der Waals surface area contributed by atoms with Gasteiger partial charge in [0.05, 0.1) is 14.4 Å². The Morgan fingerprint density at radius 3 is 2.67 bits per heavy atom. The van der Waals surface area contributed by atoms with Crippen molar-refractivity contribution < 1.29 is 0 Å². The Bertz CT molecular complexity index is 438. The lowest BCUT2D eigenvalue weighted by atomic mass is 10.3. The first kappa shape index (κ1) is 10.7. The minimum atomic E-state index is 0.751. The van der Waals surface area contributed by atoms with Crippen LogP contribution in [0.5, 0.6) is 0 Å². The van der Waals surface area contributed by atoms with E-state index in [1.165, 1.54) is 0 Å². The monoisotopic (exact) mass is 283 g/mol. The first-order valence-electron chi connectivity index (χ1n) is 4.52. The van der Waals surface area contributed by atoms with Gasteiger partial charge in [-0.25, -0.2) is 0 Å². The highest BCUT2D eigenvalue weighted by Gasteiger charge is 2.03. The Hall–Kier alpha value is -0.780. The molecule has 15 heavy (non-hydrogen) atoms. The second-order valence-electron chi connectivity index (χ2n) is 3.04. The lowest BCUT2D eigenvalue weighted by Gasteiger charge is -1.99. The lowest BCUT2D eigenvalue weighted by Crippen LogP contribution is -2.07. The molecule has 3 nitrogen and oxygen atoms in total. The number of hydrogen-bond acceptors (Lipinski definition) is 4. The summed E-state index contributed by atoms with van der Waals surface area (Å²) < 4.78 is 1.11. The van der Waals surface area contributed by atoms with E-state index in [1.54, 1.807) is 11.3 Å². The third-order valence-electron chi connectivity index (χ3n) is 1.90. The van der Waals surface area contributed by atoms with Crippen molar-refractivity contribution in [3.8, 4) is 10.6 Å². The number of hydrogen-bond donors (Lipinski definition) is 1. The summed E-state index contributed by atoms with van der Waals surface area (Å²) in [6, 6.07) is 8.05. The summed E-state index contributed by atoms with van der Waals surface area (Å²) in [6.45, 7) is 0.751. The number of halogens is 1. The lowest BCUT2D eigenvalue weighted by molar-refractivity contribution is 0.769. The highest BCUT2D eigenvalue weighted by atomic mass is 79.9. The van der Waals surface area contributed by atoms with Crippen molar-refractivity contribution in [2.24, 2.45) is 0 Å². The van der Waals surface area contributed by atoms with E-state index in [0.29, 0.717) is 0 Å². The van der Waals surface area contributed by atoms with Crippen molar-refractivity contribution in [3.63, 3.8) is 0 Å². The molecule has 0 bridgehead atoms. The SMILES string of the molecule is CNCc1ccc(-c2ccc(Br)s2)nn1. The van der Waals surface area contributed by atoms with E-state index in [4.69, 9.17) is 0 Å². The Morgan fingerprint density at radius 2 is 2.13 bits per heavy atom. The molecule has 0 saturated heterocycles. The fraction of sp³-hybridized carbons (Fsp3) is 0.200. The Balaban J connectivity index is 2.23. The number of rotatable bonds is 3. The van der Waals surface area contributed by atoms with Crippen LogP contribution in [0.1, 0.15) is 5.69 Å². The second-order valence-corrected chi connectivity index (χ2v) is 5.51. The zero-order chi connectivity index (χ0) is 10.7. The molecular weight excluding hydrogens is 274 g/mol. The van der Waals surface area contributed by atoms with Crippen molar-refractivity contribution >= 4 is 27.3 Å². The van der Waals surface area contributed by atoms with Gasteiger partial charge in [0, 0.05) is 6.54 Å². The van der Waals surface area contributed by atoms with Gasteiger partial charge in [0.25, 0.3) is 0 Å². The van der Waals surface area contributed by atoms with Gasteiger partial charge in [-0.2, -0.15) is 5.10 Å². The van der Waals surface area contributed by atoms with Crippen molar-refractivity contribution in [1.82, 2.24) is 15.5 Å². The van der Waals surface area contributed by atoms with E-state index in [-0.39, 0.29) is 0 Å². The van der Waals surface area contributed by atoms with Gasteiger partial charge in [-0.1, -0.05) is 0 Å². The largest absolute Gasteiger partial charge is 0.314 e. The fourth-order valence-corrected chi connectivity index (χ4v) is 2.57. The maximum absolute atomic E-state index is 4.18. The molecular formula is C10H10BrN3S. The van der Waals surface area contributed by atoms with E-state index in [9.17, 15) is 0 Å². The number of thiophene rings is 1. The fourth-order valence-electron chi connectivity index (χ4n) is 1.22. The standard InChI is InChI=1S/C10H10BrN3S/c1-12-6-7-2-3-8(14-13-7)9-4-5-10(11)15-9/h2-5,12H,6H2,1H3. The van der Waals surface area contributed by atoms with Crippen LogP contribution in [-0.4, -0.2) is 17.2 Å². The molecule has 2 heterocycles. The first-order valence-corrected chi connectivity index (χ1v) is 6.13. The predicted octanol–water partition coefficient (Wildman–Crippen LogP) is 2.69. The zero-order valence-electron chi connectivity index (χ0n) is 8.20. The zero-order valence-corrected chi connectivity index (χ0v) is 10.6. The highest BCUT2D eigenvalue weighted by molar-refractivity contribution is 9.11. The molecule has 0 amide bonds. The van der Waals surface area contributed by atoms with E-state index < -0.39 is 0 Å². The summed E-state index contributed by atoms with van der Waals surface area (Å²) in [5.74, 6) is 0. The molecule has 0 spiro atoms. The average Bonchev–Trinajstić information content (AvgIpc) is 2.67. The molecule has 0 aliphatic carbocycles. The van der Waals surface area contributed by atoms with Crippen LogP contribution in [0.15, 0.2) is 28.1 Å². The Kier molecular flexibility index (Phi) is 3.45. The Morgan fingerprint density at radius 1 is 1.27 bits per heavy atom. The molecule has 0 saturated carbocycles. The van der Waals surface area contributed by atoms with Crippen molar-refractivity contribution in [2.45, 2.75) is 6.54 Å². The topological polar surface area (TPSA) is 37.8 Å². The third kappa shape index (κ3) is 2.62. The van der Waals surface area contributed by atoms with E-state index in [0.717, 1.165) is 26.6 Å². The van der Waals surface area contributed by atoms with Gasteiger partial charge < -0.3 is 5.32 Å². The van der Waals surface area contributed by atoms with Crippen LogP contribution in [0.25, 0.3) is 10.6 Å². The summed E-state index contributed by atoms with van der Waals surface area (Å²) in [7, 11) is 1.89. The summed E-state index contributed by atoms with van der Waals surface area (Å²) in [6.07, 6.45) is 0. The molecule has 0 aliphatic rings. The number of nitrogens with zero attached hydrogens (tertiary/aromatic N) is 2. The van der Waals surface area contributed by atoms with Crippen LogP contribution in [-0.2, 0) is 6.54 Å². The Labute approximate surface area is 101 Å². The quantitative estimate of drug-likeness (QED) is 0.941. The van der Waals surface area contributed by atoms with Crippen LogP contribution in [0, 0.1) is 0 Å². The second kappa shape index (κ2) is 4.83. The van der Waals surface area contributed by atoms with Crippen LogP contribution in [0.2, 0.25) is 0 Å². The summed E-state index contributed by atoms with van der Waals surface area (Å²) in [4.78, 5) is 1.13.